The summed E-state index contributed by atoms with van der Waals surface area (Å²) in [4.78, 5) is 19.9. The Morgan fingerprint density at radius 3 is 2.76 bits per heavy atom. The summed E-state index contributed by atoms with van der Waals surface area (Å²) in [5.41, 5.74) is 2.02. The second-order valence-electron chi connectivity index (χ2n) is 7.52. The van der Waals surface area contributed by atoms with E-state index in [0.717, 1.165) is 49.4 Å². The van der Waals surface area contributed by atoms with Crippen molar-refractivity contribution in [2.75, 3.05) is 20.2 Å². The van der Waals surface area contributed by atoms with Crippen LogP contribution in [0.3, 0.4) is 0 Å². The standard InChI is InChI=1S/C23H31N3O2.ClH/c1-18(21-10-3-4-11-22(21)28-2)16-23(27)26(17-19-8-5-6-14-25-19)20-9-7-13-24-15-12-20;/h3-6,8,10-11,14,18,20,24H,7,9,12-13,15-17H2,1-2H3;1H. The lowest BCUT2D eigenvalue weighted by molar-refractivity contribution is -0.135. The number of carbonyl (C=O) groups excluding carboxylic acids is 1. The molecular formula is C23H32ClN3O2. The number of para-hydroxylation sites is 1. The van der Waals surface area contributed by atoms with Crippen LogP contribution >= 0.6 is 12.4 Å². The molecule has 0 aliphatic carbocycles. The van der Waals surface area contributed by atoms with Gasteiger partial charge in [-0.15, -0.1) is 12.4 Å². The van der Waals surface area contributed by atoms with Crippen LogP contribution in [0.2, 0.25) is 0 Å². The van der Waals surface area contributed by atoms with E-state index in [0.29, 0.717) is 13.0 Å². The number of hydrogen-bond donors (Lipinski definition) is 1. The van der Waals surface area contributed by atoms with Crippen LogP contribution in [0.5, 0.6) is 5.75 Å². The molecule has 1 fully saturated rings. The Morgan fingerprint density at radius 2 is 2.00 bits per heavy atom. The summed E-state index contributed by atoms with van der Waals surface area (Å²) in [7, 11) is 1.68. The van der Waals surface area contributed by atoms with E-state index < -0.39 is 0 Å². The van der Waals surface area contributed by atoms with E-state index in [1.165, 1.54) is 0 Å². The maximum Gasteiger partial charge on any atom is 0.223 e. The topological polar surface area (TPSA) is 54.5 Å². The first kappa shape index (κ1) is 23.2. The van der Waals surface area contributed by atoms with Crippen LogP contribution in [0.1, 0.15) is 49.8 Å². The molecular weight excluding hydrogens is 386 g/mol. The highest BCUT2D eigenvalue weighted by atomic mass is 35.5. The number of hydrogen-bond acceptors (Lipinski definition) is 4. The number of nitrogens with zero attached hydrogens (tertiary/aromatic N) is 2. The van der Waals surface area contributed by atoms with Gasteiger partial charge in [-0.2, -0.15) is 0 Å². The van der Waals surface area contributed by atoms with Crippen LogP contribution in [0.15, 0.2) is 48.7 Å². The molecule has 1 saturated heterocycles. The second-order valence-corrected chi connectivity index (χ2v) is 7.52. The number of nitrogens with one attached hydrogen (secondary N) is 1. The second kappa shape index (κ2) is 11.8. The Bertz CT molecular complexity index is 749. The SMILES string of the molecule is COc1ccccc1C(C)CC(=O)N(Cc1ccccn1)C1CCCNCC1.Cl. The molecule has 1 amide bonds. The Labute approximate surface area is 180 Å². The lowest BCUT2D eigenvalue weighted by Gasteiger charge is -2.32. The Balaban J connectivity index is 0.00000300. The van der Waals surface area contributed by atoms with Gasteiger partial charge < -0.3 is 15.0 Å². The van der Waals surface area contributed by atoms with Gasteiger partial charge in [0.05, 0.1) is 19.3 Å². The van der Waals surface area contributed by atoms with Crippen molar-refractivity contribution in [1.82, 2.24) is 15.2 Å². The molecule has 1 aromatic carbocycles. The molecule has 1 N–H and O–H groups in total. The van der Waals surface area contributed by atoms with Gasteiger partial charge in [-0.1, -0.05) is 31.2 Å². The number of amides is 1. The van der Waals surface area contributed by atoms with Crippen LogP contribution in [0.4, 0.5) is 0 Å². The predicted octanol–water partition coefficient (Wildman–Crippen LogP) is 4.18. The number of aromatic nitrogens is 1. The van der Waals surface area contributed by atoms with Crippen LogP contribution < -0.4 is 10.1 Å². The number of rotatable bonds is 7. The Morgan fingerprint density at radius 1 is 1.21 bits per heavy atom. The molecule has 2 heterocycles. The van der Waals surface area contributed by atoms with Crippen molar-refractivity contribution in [2.45, 2.75) is 51.1 Å². The van der Waals surface area contributed by atoms with Crippen molar-refractivity contribution in [1.29, 1.82) is 0 Å². The van der Waals surface area contributed by atoms with Gasteiger partial charge in [-0.05, 0) is 62.0 Å². The van der Waals surface area contributed by atoms with E-state index in [1.807, 2.05) is 36.4 Å². The predicted molar refractivity (Wildman–Crippen MR) is 119 cm³/mol. The van der Waals surface area contributed by atoms with E-state index in [2.05, 4.69) is 28.2 Å². The largest absolute Gasteiger partial charge is 0.496 e. The molecule has 2 unspecified atom stereocenters. The van der Waals surface area contributed by atoms with Crippen molar-refractivity contribution < 1.29 is 9.53 Å². The average molecular weight is 418 g/mol. The molecule has 6 heteroatoms. The van der Waals surface area contributed by atoms with Crippen molar-refractivity contribution in [3.05, 3.63) is 59.9 Å². The fraction of sp³-hybridized carbons (Fsp3) is 0.478. The van der Waals surface area contributed by atoms with E-state index >= 15 is 0 Å². The summed E-state index contributed by atoms with van der Waals surface area (Å²) in [6, 6.07) is 14.1. The molecule has 5 nitrogen and oxygen atoms in total. The van der Waals surface area contributed by atoms with Gasteiger partial charge in [0.2, 0.25) is 5.91 Å². The number of pyridine rings is 1. The zero-order valence-corrected chi connectivity index (χ0v) is 18.2. The molecule has 1 aromatic heterocycles. The van der Waals surface area contributed by atoms with Crippen molar-refractivity contribution >= 4 is 18.3 Å². The highest BCUT2D eigenvalue weighted by Crippen LogP contribution is 2.30. The first-order chi connectivity index (χ1) is 13.7. The van der Waals surface area contributed by atoms with Crippen molar-refractivity contribution in [2.24, 2.45) is 0 Å². The minimum atomic E-state index is 0. The molecule has 2 atom stereocenters. The summed E-state index contributed by atoms with van der Waals surface area (Å²) < 4.78 is 5.49. The lowest BCUT2D eigenvalue weighted by atomic mass is 9.95. The number of benzene rings is 1. The van der Waals surface area contributed by atoms with Gasteiger partial charge in [0.25, 0.3) is 0 Å². The summed E-state index contributed by atoms with van der Waals surface area (Å²) >= 11 is 0. The quantitative estimate of drug-likeness (QED) is 0.734. The van der Waals surface area contributed by atoms with E-state index in [9.17, 15) is 4.79 Å². The molecule has 0 spiro atoms. The van der Waals surface area contributed by atoms with Crippen molar-refractivity contribution in [3.63, 3.8) is 0 Å². The van der Waals surface area contributed by atoms with Gasteiger partial charge >= 0.3 is 0 Å². The van der Waals surface area contributed by atoms with Gasteiger partial charge in [0, 0.05) is 18.7 Å². The van der Waals surface area contributed by atoms with E-state index in [1.54, 1.807) is 13.3 Å². The number of ether oxygens (including phenoxy) is 1. The molecule has 0 bridgehead atoms. The zero-order valence-electron chi connectivity index (χ0n) is 17.3. The minimum Gasteiger partial charge on any atom is -0.496 e. The zero-order chi connectivity index (χ0) is 19.8. The third-order valence-corrected chi connectivity index (χ3v) is 5.52. The van der Waals surface area contributed by atoms with Crippen LogP contribution in [-0.4, -0.2) is 42.0 Å². The molecule has 1 aliphatic rings. The third-order valence-electron chi connectivity index (χ3n) is 5.52. The summed E-state index contributed by atoms with van der Waals surface area (Å²) in [5, 5.41) is 3.45. The summed E-state index contributed by atoms with van der Waals surface area (Å²) in [6.07, 6.45) is 5.39. The van der Waals surface area contributed by atoms with Crippen LogP contribution in [-0.2, 0) is 11.3 Å². The first-order valence-electron chi connectivity index (χ1n) is 10.2. The maximum absolute atomic E-state index is 13.4. The summed E-state index contributed by atoms with van der Waals surface area (Å²) in [6.45, 7) is 4.66. The lowest BCUT2D eigenvalue weighted by Crippen LogP contribution is -2.41. The third kappa shape index (κ3) is 6.44. The van der Waals surface area contributed by atoms with E-state index in [4.69, 9.17) is 4.74 Å². The van der Waals surface area contributed by atoms with Crippen LogP contribution in [0, 0.1) is 0 Å². The monoisotopic (exact) mass is 417 g/mol. The normalized spacial score (nSPS) is 17.5. The molecule has 2 aromatic rings. The molecule has 29 heavy (non-hydrogen) atoms. The number of methoxy groups -OCH3 is 1. The number of carbonyl (C=O) groups is 1. The van der Waals surface area contributed by atoms with Gasteiger partial charge in [-0.25, -0.2) is 0 Å². The smallest absolute Gasteiger partial charge is 0.223 e. The maximum atomic E-state index is 13.4. The molecule has 158 valence electrons. The van der Waals surface area contributed by atoms with Crippen molar-refractivity contribution in [3.8, 4) is 5.75 Å². The first-order valence-corrected chi connectivity index (χ1v) is 10.2. The van der Waals surface area contributed by atoms with Gasteiger partial charge in [0.1, 0.15) is 5.75 Å². The molecule has 0 saturated carbocycles. The number of halogens is 1. The van der Waals surface area contributed by atoms with Gasteiger partial charge in [0.15, 0.2) is 0 Å². The van der Waals surface area contributed by atoms with Crippen LogP contribution in [0.25, 0.3) is 0 Å². The van der Waals surface area contributed by atoms with E-state index in [-0.39, 0.29) is 30.3 Å². The fourth-order valence-corrected chi connectivity index (χ4v) is 3.96. The average Bonchev–Trinajstić information content (AvgIpc) is 3.02. The summed E-state index contributed by atoms with van der Waals surface area (Å²) in [5.74, 6) is 1.13. The Hall–Kier alpha value is -2.11. The molecule has 0 radical (unpaired) electrons. The molecule has 1 aliphatic heterocycles. The van der Waals surface area contributed by atoms with Gasteiger partial charge in [-0.3, -0.25) is 9.78 Å². The Kier molecular flexibility index (Phi) is 9.42. The fourth-order valence-electron chi connectivity index (χ4n) is 3.96. The highest BCUT2D eigenvalue weighted by Gasteiger charge is 2.27. The molecule has 3 rings (SSSR count). The highest BCUT2D eigenvalue weighted by molar-refractivity contribution is 5.85. The minimum absolute atomic E-state index is 0.